The van der Waals surface area contributed by atoms with Crippen LogP contribution in [0.4, 0.5) is 0 Å². The number of benzene rings is 3. The molecule has 0 spiro atoms. The quantitative estimate of drug-likeness (QED) is 0.308. The maximum Gasteiger partial charge on any atom is 0.271 e. The zero-order valence-electron chi connectivity index (χ0n) is 16.1. The van der Waals surface area contributed by atoms with Crippen molar-refractivity contribution in [2.75, 3.05) is 0 Å². The SMILES string of the molecule is O=C(N/N=C/c1ccccc1O)c1cc(O)cc(C(=O)N/N=C/c2ccccc2O)c1. The van der Waals surface area contributed by atoms with Crippen LogP contribution in [-0.2, 0) is 0 Å². The molecule has 156 valence electrons. The number of hydrogen-bond acceptors (Lipinski definition) is 7. The van der Waals surface area contributed by atoms with E-state index < -0.39 is 11.8 Å². The second kappa shape index (κ2) is 9.70. The van der Waals surface area contributed by atoms with Gasteiger partial charge in [0.2, 0.25) is 0 Å². The highest BCUT2D eigenvalue weighted by Crippen LogP contribution is 2.17. The Hall–Kier alpha value is -4.66. The van der Waals surface area contributed by atoms with E-state index >= 15 is 0 Å². The van der Waals surface area contributed by atoms with E-state index in [1.807, 2.05) is 0 Å². The van der Waals surface area contributed by atoms with Crippen molar-refractivity contribution in [3.05, 3.63) is 89.0 Å². The minimum Gasteiger partial charge on any atom is -0.508 e. The first-order valence-electron chi connectivity index (χ1n) is 9.01. The number of phenolic OH excluding ortho intramolecular Hbond substituents is 3. The average molecular weight is 418 g/mol. The first-order valence-corrected chi connectivity index (χ1v) is 9.01. The van der Waals surface area contributed by atoms with Crippen LogP contribution in [0, 0.1) is 0 Å². The van der Waals surface area contributed by atoms with E-state index in [1.54, 1.807) is 36.4 Å². The van der Waals surface area contributed by atoms with Crippen LogP contribution in [0.3, 0.4) is 0 Å². The van der Waals surface area contributed by atoms with Gasteiger partial charge in [-0.15, -0.1) is 0 Å². The van der Waals surface area contributed by atoms with Crippen molar-refractivity contribution >= 4 is 24.2 Å². The predicted octanol–water partition coefficient (Wildman–Crippen LogP) is 2.33. The fourth-order valence-electron chi connectivity index (χ4n) is 2.52. The molecule has 0 heterocycles. The van der Waals surface area contributed by atoms with Crippen LogP contribution in [0.15, 0.2) is 76.9 Å². The van der Waals surface area contributed by atoms with Gasteiger partial charge in [0.25, 0.3) is 11.8 Å². The van der Waals surface area contributed by atoms with E-state index in [0.717, 1.165) is 0 Å². The Morgan fingerprint density at radius 3 is 1.52 bits per heavy atom. The molecule has 0 fully saturated rings. The summed E-state index contributed by atoms with van der Waals surface area (Å²) in [4.78, 5) is 24.6. The second-order valence-electron chi connectivity index (χ2n) is 6.28. The van der Waals surface area contributed by atoms with E-state index in [0.29, 0.717) is 11.1 Å². The molecular weight excluding hydrogens is 400 g/mol. The molecule has 0 atom stereocenters. The van der Waals surface area contributed by atoms with Crippen molar-refractivity contribution in [2.24, 2.45) is 10.2 Å². The number of aromatic hydroxyl groups is 3. The maximum absolute atomic E-state index is 12.3. The van der Waals surface area contributed by atoms with E-state index in [-0.39, 0.29) is 28.4 Å². The lowest BCUT2D eigenvalue weighted by molar-refractivity contribution is 0.0954. The van der Waals surface area contributed by atoms with Crippen molar-refractivity contribution in [3.8, 4) is 17.2 Å². The van der Waals surface area contributed by atoms with E-state index in [9.17, 15) is 24.9 Å². The number of carbonyl (C=O) groups excluding carboxylic acids is 2. The number of nitrogens with zero attached hydrogens (tertiary/aromatic N) is 2. The molecule has 0 bridgehead atoms. The summed E-state index contributed by atoms with van der Waals surface area (Å²) in [5.41, 5.74) is 5.30. The topological polar surface area (TPSA) is 144 Å². The van der Waals surface area contributed by atoms with Crippen LogP contribution in [0.1, 0.15) is 31.8 Å². The predicted molar refractivity (Wildman–Crippen MR) is 114 cm³/mol. The van der Waals surface area contributed by atoms with Gasteiger partial charge in [-0.2, -0.15) is 10.2 Å². The molecule has 0 unspecified atom stereocenters. The van der Waals surface area contributed by atoms with E-state index in [2.05, 4.69) is 21.1 Å². The Kier molecular flexibility index (Phi) is 6.59. The molecule has 0 aliphatic heterocycles. The minimum absolute atomic E-state index is 0.00110. The number of nitrogens with one attached hydrogen (secondary N) is 2. The summed E-state index contributed by atoms with van der Waals surface area (Å²) in [5.74, 6) is -1.64. The Bertz CT molecular complexity index is 1090. The summed E-state index contributed by atoms with van der Waals surface area (Å²) in [6, 6.07) is 16.5. The molecule has 3 rings (SSSR count). The smallest absolute Gasteiger partial charge is 0.271 e. The van der Waals surface area contributed by atoms with Gasteiger partial charge in [-0.25, -0.2) is 10.9 Å². The standard InChI is InChI=1S/C22H18N4O5/c27-18-10-16(21(30)25-23-12-14-5-1-3-7-19(14)28)9-17(11-18)22(31)26-24-13-15-6-2-4-8-20(15)29/h1-13,27-29H,(H,25,30)(H,26,31)/b23-12+,24-13+. The third kappa shape index (κ3) is 5.67. The Balaban J connectivity index is 1.67. The fraction of sp³-hybridized carbons (Fsp3) is 0. The molecule has 0 aromatic heterocycles. The van der Waals surface area contributed by atoms with Crippen LogP contribution in [0.2, 0.25) is 0 Å². The first-order chi connectivity index (χ1) is 14.9. The number of carbonyl (C=O) groups is 2. The highest BCUT2D eigenvalue weighted by atomic mass is 16.3. The molecule has 9 nitrogen and oxygen atoms in total. The number of rotatable bonds is 6. The summed E-state index contributed by atoms with van der Waals surface area (Å²) in [7, 11) is 0. The van der Waals surface area contributed by atoms with Crippen molar-refractivity contribution < 1.29 is 24.9 Å². The zero-order chi connectivity index (χ0) is 22.2. The molecule has 3 aromatic rings. The largest absolute Gasteiger partial charge is 0.508 e. The zero-order valence-corrected chi connectivity index (χ0v) is 16.1. The number of hydrogen-bond donors (Lipinski definition) is 5. The van der Waals surface area contributed by atoms with Gasteiger partial charge in [-0.3, -0.25) is 9.59 Å². The number of phenols is 3. The van der Waals surface area contributed by atoms with Crippen molar-refractivity contribution in [2.45, 2.75) is 0 Å². The summed E-state index contributed by atoms with van der Waals surface area (Å²) in [6.45, 7) is 0. The molecule has 5 N–H and O–H groups in total. The molecule has 31 heavy (non-hydrogen) atoms. The average Bonchev–Trinajstić information content (AvgIpc) is 2.76. The molecule has 0 saturated carbocycles. The van der Waals surface area contributed by atoms with Crippen molar-refractivity contribution in [1.29, 1.82) is 0 Å². The summed E-state index contributed by atoms with van der Waals surface area (Å²) >= 11 is 0. The first kappa shape index (κ1) is 21.1. The lowest BCUT2D eigenvalue weighted by Gasteiger charge is -2.05. The monoisotopic (exact) mass is 418 g/mol. The van der Waals surface area contributed by atoms with Gasteiger partial charge in [0.05, 0.1) is 12.4 Å². The van der Waals surface area contributed by atoms with Gasteiger partial charge in [0.15, 0.2) is 0 Å². The second-order valence-corrected chi connectivity index (χ2v) is 6.28. The van der Waals surface area contributed by atoms with Crippen LogP contribution < -0.4 is 10.9 Å². The van der Waals surface area contributed by atoms with Gasteiger partial charge >= 0.3 is 0 Å². The molecular formula is C22H18N4O5. The third-order valence-corrected chi connectivity index (χ3v) is 4.06. The van der Waals surface area contributed by atoms with Crippen LogP contribution in [0.25, 0.3) is 0 Å². The lowest BCUT2D eigenvalue weighted by atomic mass is 10.1. The lowest BCUT2D eigenvalue weighted by Crippen LogP contribution is -2.21. The molecule has 0 aliphatic carbocycles. The molecule has 3 aromatic carbocycles. The summed E-state index contributed by atoms with van der Waals surface area (Å²) in [6.07, 6.45) is 2.52. The fourth-order valence-corrected chi connectivity index (χ4v) is 2.52. The normalized spacial score (nSPS) is 11.0. The molecule has 2 amide bonds. The highest BCUT2D eigenvalue weighted by molar-refractivity contribution is 6.01. The molecule has 0 radical (unpaired) electrons. The van der Waals surface area contributed by atoms with Crippen LogP contribution >= 0.6 is 0 Å². The number of para-hydroxylation sites is 2. The number of hydrazone groups is 2. The molecule has 0 saturated heterocycles. The molecule has 9 heteroatoms. The number of amides is 2. The van der Waals surface area contributed by atoms with Gasteiger partial charge < -0.3 is 15.3 Å². The Morgan fingerprint density at radius 2 is 1.10 bits per heavy atom. The van der Waals surface area contributed by atoms with Crippen LogP contribution in [-0.4, -0.2) is 39.6 Å². The van der Waals surface area contributed by atoms with E-state index in [1.165, 1.54) is 42.8 Å². The molecule has 0 aliphatic rings. The van der Waals surface area contributed by atoms with E-state index in [4.69, 9.17) is 0 Å². The van der Waals surface area contributed by atoms with Crippen molar-refractivity contribution in [3.63, 3.8) is 0 Å². The summed E-state index contributed by atoms with van der Waals surface area (Å²) < 4.78 is 0. The third-order valence-electron chi connectivity index (χ3n) is 4.06. The Morgan fingerprint density at radius 1 is 0.677 bits per heavy atom. The van der Waals surface area contributed by atoms with Gasteiger partial charge in [-0.05, 0) is 42.5 Å². The minimum atomic E-state index is -0.672. The highest BCUT2D eigenvalue weighted by Gasteiger charge is 2.12. The van der Waals surface area contributed by atoms with Gasteiger partial charge in [0.1, 0.15) is 17.2 Å². The Labute approximate surface area is 177 Å². The van der Waals surface area contributed by atoms with Crippen LogP contribution in [0.5, 0.6) is 17.2 Å². The van der Waals surface area contributed by atoms with Crippen molar-refractivity contribution in [1.82, 2.24) is 10.9 Å². The maximum atomic E-state index is 12.3. The van der Waals surface area contributed by atoms with Gasteiger partial charge in [0, 0.05) is 22.3 Å². The van der Waals surface area contributed by atoms with Gasteiger partial charge in [-0.1, -0.05) is 24.3 Å². The summed E-state index contributed by atoms with van der Waals surface area (Å²) in [5, 5.41) is 36.7.